The van der Waals surface area contributed by atoms with Gasteiger partial charge in [-0.25, -0.2) is 4.39 Å². The monoisotopic (exact) mass is 448 g/mol. The molecule has 6 atom stereocenters. The van der Waals surface area contributed by atoms with Crippen LogP contribution in [0.25, 0.3) is 10.4 Å². The molecule has 7 heteroatoms. The van der Waals surface area contributed by atoms with Crippen LogP contribution in [0.15, 0.2) is 54.6 Å². The highest BCUT2D eigenvalue weighted by atomic mass is 32.1. The Bertz CT molecular complexity index is 1180. The zero-order valence-corrected chi connectivity index (χ0v) is 18.4. The van der Waals surface area contributed by atoms with Gasteiger partial charge in [-0.1, -0.05) is 30.3 Å². The summed E-state index contributed by atoms with van der Waals surface area (Å²) in [4.78, 5) is 2.44. The molecule has 0 aliphatic carbocycles. The predicted molar refractivity (Wildman–Crippen MR) is 121 cm³/mol. The van der Waals surface area contributed by atoms with Crippen molar-refractivity contribution in [1.82, 2.24) is 0 Å². The molecule has 4 nitrogen and oxygen atoms in total. The quantitative estimate of drug-likeness (QED) is 0.571. The van der Waals surface area contributed by atoms with Gasteiger partial charge >= 0.3 is 6.92 Å². The SMILES string of the molecule is Cc1ccc(B2O[C@H]3[C@@H]4C2O[C@H]4[C@@H]2OC[C@H]3O2)cc1Cc1ccc(-c2ccc(F)cc2)s1. The van der Waals surface area contributed by atoms with Crippen LogP contribution in [0.2, 0.25) is 0 Å². The predicted octanol–water partition coefficient (Wildman–Crippen LogP) is 3.73. The molecule has 7 rings (SSSR count). The molecule has 2 bridgehead atoms. The van der Waals surface area contributed by atoms with Crippen molar-refractivity contribution in [2.24, 2.45) is 5.92 Å². The summed E-state index contributed by atoms with van der Waals surface area (Å²) in [6.07, 6.45) is 0.736. The van der Waals surface area contributed by atoms with E-state index < -0.39 is 0 Å². The summed E-state index contributed by atoms with van der Waals surface area (Å²) in [5, 5.41) is 0. The summed E-state index contributed by atoms with van der Waals surface area (Å²) in [6.45, 7) is 2.70. The zero-order chi connectivity index (χ0) is 21.4. The molecule has 0 radical (unpaired) electrons. The van der Waals surface area contributed by atoms with Gasteiger partial charge in [-0.15, -0.1) is 11.3 Å². The number of thiophene rings is 1. The number of rotatable bonds is 4. The van der Waals surface area contributed by atoms with Gasteiger partial charge in [0.1, 0.15) is 18.0 Å². The minimum Gasteiger partial charge on any atom is -0.423 e. The van der Waals surface area contributed by atoms with Gasteiger partial charge in [0.05, 0.1) is 18.7 Å². The van der Waals surface area contributed by atoms with E-state index >= 15 is 0 Å². The van der Waals surface area contributed by atoms with E-state index in [1.54, 1.807) is 11.3 Å². The summed E-state index contributed by atoms with van der Waals surface area (Å²) in [6, 6.07) is 17.7. The molecule has 0 spiro atoms. The number of benzene rings is 2. The van der Waals surface area contributed by atoms with Crippen molar-refractivity contribution in [3.05, 3.63) is 76.4 Å². The van der Waals surface area contributed by atoms with E-state index in [1.165, 1.54) is 33.6 Å². The molecule has 162 valence electrons. The molecule has 0 N–H and O–H groups in total. The fourth-order valence-corrected chi connectivity index (χ4v) is 6.60. The molecule has 0 amide bonds. The highest BCUT2D eigenvalue weighted by Gasteiger charge is 2.68. The van der Waals surface area contributed by atoms with Crippen LogP contribution >= 0.6 is 11.3 Å². The lowest BCUT2D eigenvalue weighted by atomic mass is 9.52. The Hall–Kier alpha value is -2.03. The standard InChI is InChI=1S/C25H22BFO4S/c1-13-2-5-16(26-24-21-22(31-26)19-12-28-25(29-19)23(21)30-24)10-15(13)11-18-8-9-20(32-18)14-3-6-17(27)7-4-14/h2-10,19,21-25H,11-12H2,1H3/t19-,21+,22-,23-,24?,25-/m1/s1. The Labute approximate surface area is 190 Å². The van der Waals surface area contributed by atoms with Crippen molar-refractivity contribution < 1.29 is 23.3 Å². The largest absolute Gasteiger partial charge is 0.423 e. The van der Waals surface area contributed by atoms with Gasteiger partial charge in [-0.3, -0.25) is 0 Å². The molecule has 4 fully saturated rings. The minimum atomic E-state index is -0.220. The van der Waals surface area contributed by atoms with E-state index in [0.717, 1.165) is 16.9 Å². The molecule has 5 heterocycles. The second-order valence-electron chi connectivity index (χ2n) is 9.18. The third-order valence-corrected chi connectivity index (χ3v) is 8.41. The second kappa shape index (κ2) is 7.24. The van der Waals surface area contributed by atoms with Crippen molar-refractivity contribution in [2.45, 2.75) is 43.9 Å². The fourth-order valence-electron chi connectivity index (χ4n) is 5.57. The van der Waals surface area contributed by atoms with E-state index in [2.05, 4.69) is 37.3 Å². The van der Waals surface area contributed by atoms with Gasteiger partial charge in [0, 0.05) is 22.1 Å². The Morgan fingerprint density at radius 2 is 1.91 bits per heavy atom. The molecule has 2 aromatic carbocycles. The maximum atomic E-state index is 13.2. The first-order valence-electron chi connectivity index (χ1n) is 11.2. The number of fused-ring (bicyclic) bond motifs is 4. The topological polar surface area (TPSA) is 36.9 Å². The van der Waals surface area contributed by atoms with Gasteiger partial charge in [0.2, 0.25) is 0 Å². The average Bonchev–Trinajstić information content (AvgIpc) is 3.49. The Balaban J connectivity index is 1.13. The van der Waals surface area contributed by atoms with Gasteiger partial charge in [-0.05, 0) is 53.3 Å². The van der Waals surface area contributed by atoms with Crippen LogP contribution in [-0.2, 0) is 25.3 Å². The molecule has 3 aromatic rings. The first-order valence-corrected chi connectivity index (χ1v) is 12.0. The number of hydrogen-bond acceptors (Lipinski definition) is 5. The van der Waals surface area contributed by atoms with Crippen LogP contribution in [0.3, 0.4) is 0 Å². The van der Waals surface area contributed by atoms with Crippen molar-refractivity contribution in [1.29, 1.82) is 0 Å². The second-order valence-corrected chi connectivity index (χ2v) is 10.3. The number of ether oxygens (including phenoxy) is 3. The minimum absolute atomic E-state index is 0.00895. The van der Waals surface area contributed by atoms with Crippen molar-refractivity contribution in [3.8, 4) is 10.4 Å². The lowest BCUT2D eigenvalue weighted by molar-refractivity contribution is -0.283. The van der Waals surface area contributed by atoms with Crippen molar-refractivity contribution in [3.63, 3.8) is 0 Å². The molecular weight excluding hydrogens is 426 g/mol. The van der Waals surface area contributed by atoms with Gasteiger partial charge < -0.3 is 18.9 Å². The van der Waals surface area contributed by atoms with Crippen molar-refractivity contribution in [2.75, 3.05) is 6.61 Å². The van der Waals surface area contributed by atoms with E-state index in [-0.39, 0.29) is 43.3 Å². The Morgan fingerprint density at radius 3 is 2.78 bits per heavy atom. The molecule has 1 aromatic heterocycles. The van der Waals surface area contributed by atoms with Gasteiger partial charge in [0.25, 0.3) is 0 Å². The molecule has 4 aliphatic heterocycles. The maximum absolute atomic E-state index is 13.2. The average molecular weight is 448 g/mol. The number of aryl methyl sites for hydroxylation is 1. The van der Waals surface area contributed by atoms with Crippen LogP contribution in [0.1, 0.15) is 16.0 Å². The van der Waals surface area contributed by atoms with Crippen LogP contribution in [-0.4, -0.2) is 44.1 Å². The Kier molecular flexibility index (Phi) is 4.40. The maximum Gasteiger partial charge on any atom is 0.357 e. The lowest BCUT2D eigenvalue weighted by Crippen LogP contribution is -2.63. The first kappa shape index (κ1) is 19.4. The third-order valence-electron chi connectivity index (χ3n) is 7.28. The van der Waals surface area contributed by atoms with E-state index in [1.807, 2.05) is 12.1 Å². The molecule has 32 heavy (non-hydrogen) atoms. The van der Waals surface area contributed by atoms with Gasteiger partial charge in [0.15, 0.2) is 6.29 Å². The number of hydrogen-bond donors (Lipinski definition) is 0. The number of halogens is 1. The molecular formula is C25H22BFO4S. The summed E-state index contributed by atoms with van der Waals surface area (Å²) < 4.78 is 37.5. The molecule has 0 saturated carbocycles. The smallest absolute Gasteiger partial charge is 0.357 e. The van der Waals surface area contributed by atoms with E-state index in [4.69, 9.17) is 18.9 Å². The lowest BCUT2D eigenvalue weighted by Gasteiger charge is -2.47. The normalized spacial score (nSPS) is 32.1. The highest BCUT2D eigenvalue weighted by molar-refractivity contribution is 7.15. The summed E-state index contributed by atoms with van der Waals surface area (Å²) in [5.74, 6) is 0.159. The zero-order valence-electron chi connectivity index (χ0n) is 17.6. The highest BCUT2D eigenvalue weighted by Crippen LogP contribution is 2.50. The van der Waals surface area contributed by atoms with E-state index in [9.17, 15) is 4.39 Å². The van der Waals surface area contributed by atoms with Gasteiger partial charge in [-0.2, -0.15) is 0 Å². The van der Waals surface area contributed by atoms with Crippen molar-refractivity contribution >= 4 is 23.7 Å². The fraction of sp³-hybridized carbons (Fsp3) is 0.360. The van der Waals surface area contributed by atoms with Crippen LogP contribution in [0, 0.1) is 18.7 Å². The molecule has 1 unspecified atom stereocenters. The van der Waals surface area contributed by atoms with Crippen LogP contribution in [0.4, 0.5) is 4.39 Å². The molecule has 4 aliphatic rings. The summed E-state index contributed by atoms with van der Waals surface area (Å²) in [7, 11) is 0. The van der Waals surface area contributed by atoms with Crippen LogP contribution < -0.4 is 5.46 Å². The first-order chi connectivity index (χ1) is 15.6. The third kappa shape index (κ3) is 2.96. The molecule has 4 saturated heterocycles. The summed E-state index contributed by atoms with van der Waals surface area (Å²) in [5.41, 5.74) is 4.79. The van der Waals surface area contributed by atoms with Crippen LogP contribution in [0.5, 0.6) is 0 Å². The Morgan fingerprint density at radius 1 is 1.03 bits per heavy atom. The van der Waals surface area contributed by atoms with E-state index in [0.29, 0.717) is 12.5 Å². The summed E-state index contributed by atoms with van der Waals surface area (Å²) >= 11 is 1.76.